The van der Waals surface area contributed by atoms with Gasteiger partial charge in [-0.15, -0.1) is 11.3 Å². The fourth-order valence-corrected chi connectivity index (χ4v) is 2.28. The fourth-order valence-electron chi connectivity index (χ4n) is 1.48. The third kappa shape index (κ3) is 3.51. The van der Waals surface area contributed by atoms with E-state index in [4.69, 9.17) is 4.74 Å². The number of benzene rings is 1. The van der Waals surface area contributed by atoms with Crippen LogP contribution >= 0.6 is 11.3 Å². The molecule has 0 aliphatic rings. The van der Waals surface area contributed by atoms with Crippen molar-refractivity contribution < 1.29 is 23.0 Å². The molecule has 0 bridgehead atoms. The van der Waals surface area contributed by atoms with Crippen molar-refractivity contribution in [3.63, 3.8) is 0 Å². The minimum Gasteiger partial charge on any atom is -0.461 e. The molecule has 106 valence electrons. The third-order valence-corrected chi connectivity index (χ3v) is 3.21. The number of aromatic nitrogens is 1. The van der Waals surface area contributed by atoms with E-state index in [1.807, 2.05) is 0 Å². The number of thiazole rings is 1. The van der Waals surface area contributed by atoms with Gasteiger partial charge in [0.1, 0.15) is 10.8 Å². The monoisotopic (exact) mass is 299 g/mol. The van der Waals surface area contributed by atoms with Crippen molar-refractivity contribution in [3.8, 4) is 16.3 Å². The van der Waals surface area contributed by atoms with E-state index in [-0.39, 0.29) is 18.1 Å². The summed E-state index contributed by atoms with van der Waals surface area (Å²) in [6.07, 6.45) is 0. The highest BCUT2D eigenvalue weighted by molar-refractivity contribution is 7.13. The standard InChI is InChI=1S/C13H11F2NO3S/c1-2-18-12(17)10-7-20-11(16-10)8-3-5-9(6-4-8)19-13(14)15/h3-7,13H,2H2,1H3. The lowest BCUT2D eigenvalue weighted by molar-refractivity contribution is -0.0498. The Labute approximate surface area is 118 Å². The molecule has 0 amide bonds. The number of carbonyl (C=O) groups is 1. The van der Waals surface area contributed by atoms with Crippen LogP contribution in [0.25, 0.3) is 10.6 Å². The lowest BCUT2D eigenvalue weighted by Gasteiger charge is -2.04. The number of esters is 1. The topological polar surface area (TPSA) is 48.4 Å². The number of rotatable bonds is 5. The van der Waals surface area contributed by atoms with Crippen molar-refractivity contribution in [2.24, 2.45) is 0 Å². The van der Waals surface area contributed by atoms with E-state index in [1.165, 1.54) is 23.5 Å². The smallest absolute Gasteiger partial charge is 0.387 e. The maximum absolute atomic E-state index is 12.0. The molecule has 0 saturated carbocycles. The van der Waals surface area contributed by atoms with Crippen LogP contribution in [0.4, 0.5) is 8.78 Å². The van der Waals surface area contributed by atoms with Crippen molar-refractivity contribution in [1.29, 1.82) is 0 Å². The van der Waals surface area contributed by atoms with Crippen molar-refractivity contribution in [1.82, 2.24) is 4.98 Å². The van der Waals surface area contributed by atoms with Gasteiger partial charge in [-0.3, -0.25) is 0 Å². The first-order valence-electron chi connectivity index (χ1n) is 5.78. The van der Waals surface area contributed by atoms with Crippen molar-refractivity contribution in [2.75, 3.05) is 6.61 Å². The summed E-state index contributed by atoms with van der Waals surface area (Å²) in [7, 11) is 0. The van der Waals surface area contributed by atoms with Gasteiger partial charge in [0.15, 0.2) is 5.69 Å². The normalized spacial score (nSPS) is 10.6. The zero-order chi connectivity index (χ0) is 14.5. The van der Waals surface area contributed by atoms with Crippen molar-refractivity contribution in [3.05, 3.63) is 35.3 Å². The molecule has 7 heteroatoms. The maximum atomic E-state index is 12.0. The Hall–Kier alpha value is -2.02. The first kappa shape index (κ1) is 14.4. The highest BCUT2D eigenvalue weighted by Crippen LogP contribution is 2.26. The van der Waals surface area contributed by atoms with Crippen LogP contribution < -0.4 is 4.74 Å². The molecule has 0 N–H and O–H groups in total. The molecule has 0 aliphatic carbocycles. The SMILES string of the molecule is CCOC(=O)c1csc(-c2ccc(OC(F)F)cc2)n1. The van der Waals surface area contributed by atoms with Gasteiger partial charge in [0.05, 0.1) is 6.61 Å². The number of halogens is 2. The predicted octanol–water partition coefficient (Wildman–Crippen LogP) is 3.59. The molecule has 0 spiro atoms. The molecule has 2 aromatic rings. The van der Waals surface area contributed by atoms with E-state index >= 15 is 0 Å². The zero-order valence-electron chi connectivity index (χ0n) is 10.5. The summed E-state index contributed by atoms with van der Waals surface area (Å²) in [4.78, 5) is 15.6. The van der Waals surface area contributed by atoms with E-state index in [1.54, 1.807) is 24.4 Å². The predicted molar refractivity (Wildman–Crippen MR) is 70.1 cm³/mol. The zero-order valence-corrected chi connectivity index (χ0v) is 11.3. The third-order valence-electron chi connectivity index (χ3n) is 2.32. The Morgan fingerprint density at radius 3 is 2.65 bits per heavy atom. The second-order valence-corrected chi connectivity index (χ2v) is 4.52. The van der Waals surface area contributed by atoms with Gasteiger partial charge in [-0.2, -0.15) is 8.78 Å². The lowest BCUT2D eigenvalue weighted by atomic mass is 10.2. The van der Waals surface area contributed by atoms with E-state index in [0.717, 1.165) is 0 Å². The van der Waals surface area contributed by atoms with Crippen LogP contribution in [-0.2, 0) is 4.74 Å². The van der Waals surface area contributed by atoms with Crippen LogP contribution in [0.2, 0.25) is 0 Å². The number of ether oxygens (including phenoxy) is 2. The Bertz CT molecular complexity index is 584. The molecule has 0 aliphatic heterocycles. The second-order valence-electron chi connectivity index (χ2n) is 3.66. The van der Waals surface area contributed by atoms with Gasteiger partial charge in [0.25, 0.3) is 0 Å². The van der Waals surface area contributed by atoms with Gasteiger partial charge >= 0.3 is 12.6 Å². The minimum absolute atomic E-state index is 0.0749. The first-order valence-corrected chi connectivity index (χ1v) is 6.66. The summed E-state index contributed by atoms with van der Waals surface area (Å²) < 4.78 is 33.1. The molecular formula is C13H11F2NO3S. The Kier molecular flexibility index (Phi) is 4.62. The maximum Gasteiger partial charge on any atom is 0.387 e. The number of alkyl halides is 2. The number of hydrogen-bond acceptors (Lipinski definition) is 5. The molecule has 0 radical (unpaired) electrons. The summed E-state index contributed by atoms with van der Waals surface area (Å²) in [5, 5.41) is 2.20. The number of hydrogen-bond donors (Lipinski definition) is 0. The molecule has 0 fully saturated rings. The van der Waals surface area contributed by atoms with Gasteiger partial charge in [0.2, 0.25) is 0 Å². The van der Waals surface area contributed by atoms with Crippen LogP contribution in [0.1, 0.15) is 17.4 Å². The average Bonchev–Trinajstić information content (AvgIpc) is 2.89. The largest absolute Gasteiger partial charge is 0.461 e. The Morgan fingerprint density at radius 1 is 1.35 bits per heavy atom. The van der Waals surface area contributed by atoms with Crippen LogP contribution in [-0.4, -0.2) is 24.2 Å². The highest BCUT2D eigenvalue weighted by Gasteiger charge is 2.13. The Balaban J connectivity index is 2.14. The summed E-state index contributed by atoms with van der Waals surface area (Å²) in [6, 6.07) is 6.05. The van der Waals surface area contributed by atoms with Crippen LogP contribution in [0.15, 0.2) is 29.6 Å². The molecule has 0 saturated heterocycles. The highest BCUT2D eigenvalue weighted by atomic mass is 32.1. The molecule has 1 heterocycles. The molecule has 20 heavy (non-hydrogen) atoms. The molecule has 0 unspecified atom stereocenters. The lowest BCUT2D eigenvalue weighted by Crippen LogP contribution is -2.04. The van der Waals surface area contributed by atoms with Crippen LogP contribution in [0.3, 0.4) is 0 Å². The first-order chi connectivity index (χ1) is 9.60. The van der Waals surface area contributed by atoms with Crippen molar-refractivity contribution >= 4 is 17.3 Å². The molecule has 1 aromatic carbocycles. The van der Waals surface area contributed by atoms with E-state index in [0.29, 0.717) is 10.6 Å². The quantitative estimate of drug-likeness (QED) is 0.792. The van der Waals surface area contributed by atoms with E-state index in [2.05, 4.69) is 9.72 Å². The fraction of sp³-hybridized carbons (Fsp3) is 0.231. The van der Waals surface area contributed by atoms with Gasteiger partial charge in [-0.05, 0) is 31.2 Å². The van der Waals surface area contributed by atoms with Gasteiger partial charge in [0, 0.05) is 10.9 Å². The molecule has 1 aromatic heterocycles. The Morgan fingerprint density at radius 2 is 2.05 bits per heavy atom. The summed E-state index contributed by atoms with van der Waals surface area (Å²) >= 11 is 1.28. The van der Waals surface area contributed by atoms with Crippen molar-refractivity contribution in [2.45, 2.75) is 13.5 Å². The molecule has 2 rings (SSSR count). The van der Waals surface area contributed by atoms with Gasteiger partial charge in [-0.25, -0.2) is 9.78 Å². The number of nitrogens with zero attached hydrogens (tertiary/aromatic N) is 1. The van der Waals surface area contributed by atoms with Gasteiger partial charge in [-0.1, -0.05) is 0 Å². The van der Waals surface area contributed by atoms with Crippen LogP contribution in [0, 0.1) is 0 Å². The molecular weight excluding hydrogens is 288 g/mol. The summed E-state index contributed by atoms with van der Waals surface area (Å²) in [6.45, 7) is -0.853. The average molecular weight is 299 g/mol. The minimum atomic E-state index is -2.85. The summed E-state index contributed by atoms with van der Waals surface area (Å²) in [5.74, 6) is -0.404. The van der Waals surface area contributed by atoms with Gasteiger partial charge < -0.3 is 9.47 Å². The second kappa shape index (κ2) is 6.42. The van der Waals surface area contributed by atoms with E-state index < -0.39 is 12.6 Å². The molecule has 0 atom stereocenters. The number of carbonyl (C=O) groups excluding carboxylic acids is 1. The van der Waals surface area contributed by atoms with E-state index in [9.17, 15) is 13.6 Å². The van der Waals surface area contributed by atoms with Crippen LogP contribution in [0.5, 0.6) is 5.75 Å². The molecule has 4 nitrogen and oxygen atoms in total. The summed E-state index contributed by atoms with van der Waals surface area (Å²) in [5.41, 5.74) is 0.951.